The fourth-order valence-electron chi connectivity index (χ4n) is 2.16. The van der Waals surface area contributed by atoms with Crippen LogP contribution < -0.4 is 21.9 Å². The summed E-state index contributed by atoms with van der Waals surface area (Å²) in [5.41, 5.74) is 12.8. The van der Waals surface area contributed by atoms with Gasteiger partial charge in [-0.15, -0.1) is 12.4 Å². The molecule has 1 amide bonds. The smallest absolute Gasteiger partial charge is 0.226 e. The van der Waals surface area contributed by atoms with Crippen molar-refractivity contribution in [2.75, 3.05) is 13.1 Å². The Hall–Kier alpha value is -1.14. The Balaban J connectivity index is 0.00000200. The van der Waals surface area contributed by atoms with E-state index in [9.17, 15) is 4.79 Å². The number of rotatable bonds is 4. The van der Waals surface area contributed by atoms with Gasteiger partial charge >= 0.3 is 0 Å². The van der Waals surface area contributed by atoms with E-state index in [1.807, 2.05) is 44.2 Å². The van der Waals surface area contributed by atoms with Gasteiger partial charge in [0.1, 0.15) is 0 Å². The summed E-state index contributed by atoms with van der Waals surface area (Å²) < 4.78 is 0. The first kappa shape index (κ1) is 16.9. The Morgan fingerprint density at radius 1 is 1.40 bits per heavy atom. The summed E-state index contributed by atoms with van der Waals surface area (Å²) in [5.74, 6) is -0.0883. The molecular weight excluding hydrogens is 276 g/mol. The summed E-state index contributed by atoms with van der Waals surface area (Å²) in [6.07, 6.45) is 0. The largest absolute Gasteiger partial charge is 0.354 e. The molecule has 20 heavy (non-hydrogen) atoms. The van der Waals surface area contributed by atoms with Gasteiger partial charge in [-0.05, 0) is 19.4 Å². The van der Waals surface area contributed by atoms with Crippen LogP contribution in [0.15, 0.2) is 30.3 Å². The van der Waals surface area contributed by atoms with Crippen LogP contribution in [0.5, 0.6) is 0 Å². The lowest BCUT2D eigenvalue weighted by Gasteiger charge is -2.22. The van der Waals surface area contributed by atoms with Crippen LogP contribution in [-0.2, 0) is 4.79 Å². The van der Waals surface area contributed by atoms with Crippen LogP contribution in [-0.4, -0.2) is 24.5 Å². The van der Waals surface area contributed by atoms with E-state index >= 15 is 0 Å². The molecule has 0 aliphatic carbocycles. The number of benzene rings is 1. The third-order valence-corrected chi connectivity index (χ3v) is 3.20. The second kappa shape index (κ2) is 7.04. The summed E-state index contributed by atoms with van der Waals surface area (Å²) in [5, 5.41) is 2.92. The lowest BCUT2D eigenvalue weighted by atomic mass is 9.94. The molecule has 1 fully saturated rings. The number of nitrogens with one attached hydrogen (secondary N) is 3. The van der Waals surface area contributed by atoms with Gasteiger partial charge in [0.15, 0.2) is 0 Å². The number of hydrazine groups is 1. The van der Waals surface area contributed by atoms with Crippen LogP contribution in [0.4, 0.5) is 0 Å². The van der Waals surface area contributed by atoms with Crippen LogP contribution >= 0.6 is 12.4 Å². The Kier molecular flexibility index (Phi) is 5.95. The van der Waals surface area contributed by atoms with Crippen molar-refractivity contribution in [1.82, 2.24) is 16.2 Å². The first-order chi connectivity index (χ1) is 8.97. The predicted octanol–water partition coefficient (Wildman–Crippen LogP) is 0.727. The average Bonchev–Trinajstić information content (AvgIpc) is 2.85. The molecule has 1 aliphatic heterocycles. The van der Waals surface area contributed by atoms with Crippen molar-refractivity contribution < 1.29 is 4.79 Å². The normalized spacial score (nSPS) is 22.1. The van der Waals surface area contributed by atoms with Gasteiger partial charge in [0.05, 0.1) is 12.0 Å². The second-order valence-electron chi connectivity index (χ2n) is 5.73. The molecule has 5 nitrogen and oxygen atoms in total. The van der Waals surface area contributed by atoms with Crippen LogP contribution in [0.1, 0.15) is 25.5 Å². The lowest BCUT2D eigenvalue weighted by molar-refractivity contribution is -0.125. The van der Waals surface area contributed by atoms with Gasteiger partial charge in [0.25, 0.3) is 0 Å². The van der Waals surface area contributed by atoms with Crippen LogP contribution in [0.2, 0.25) is 0 Å². The summed E-state index contributed by atoms with van der Waals surface area (Å²) >= 11 is 0. The fourth-order valence-corrected chi connectivity index (χ4v) is 2.16. The Bertz CT molecular complexity index is 433. The molecule has 1 aliphatic rings. The molecule has 0 bridgehead atoms. The zero-order chi connectivity index (χ0) is 13.9. The average molecular weight is 299 g/mol. The molecule has 6 heteroatoms. The molecule has 1 saturated heterocycles. The van der Waals surface area contributed by atoms with Crippen molar-refractivity contribution in [2.24, 2.45) is 11.7 Å². The maximum atomic E-state index is 12.2. The molecule has 1 heterocycles. The van der Waals surface area contributed by atoms with Gasteiger partial charge in [-0.1, -0.05) is 30.3 Å². The van der Waals surface area contributed by atoms with E-state index in [1.165, 1.54) is 0 Å². The summed E-state index contributed by atoms with van der Waals surface area (Å²) in [4.78, 5) is 12.2. The van der Waals surface area contributed by atoms with Crippen molar-refractivity contribution in [3.05, 3.63) is 35.9 Å². The molecule has 1 aromatic rings. The molecule has 2 atom stereocenters. The van der Waals surface area contributed by atoms with E-state index in [0.717, 1.165) is 5.56 Å². The van der Waals surface area contributed by atoms with Crippen LogP contribution in [0.25, 0.3) is 0 Å². The molecule has 5 N–H and O–H groups in total. The zero-order valence-electron chi connectivity index (χ0n) is 11.8. The number of halogens is 1. The Morgan fingerprint density at radius 3 is 2.65 bits per heavy atom. The number of carbonyl (C=O) groups is 1. The fraction of sp³-hybridized carbons (Fsp3) is 0.500. The minimum Gasteiger partial charge on any atom is -0.354 e. The minimum absolute atomic E-state index is 0. The van der Waals surface area contributed by atoms with Gasteiger partial charge in [-0.2, -0.15) is 0 Å². The summed E-state index contributed by atoms with van der Waals surface area (Å²) in [6.45, 7) is 4.89. The number of nitrogens with two attached hydrogens (primary N) is 1. The van der Waals surface area contributed by atoms with Crippen LogP contribution in [0.3, 0.4) is 0 Å². The van der Waals surface area contributed by atoms with Crippen molar-refractivity contribution >= 4 is 18.3 Å². The zero-order valence-corrected chi connectivity index (χ0v) is 12.7. The molecule has 2 rings (SSSR count). The molecule has 0 spiro atoms. The third kappa shape index (κ3) is 4.45. The third-order valence-electron chi connectivity index (χ3n) is 3.20. The van der Waals surface area contributed by atoms with E-state index < -0.39 is 5.54 Å². The maximum Gasteiger partial charge on any atom is 0.226 e. The molecule has 1 aromatic carbocycles. The standard InChI is InChI=1S/C14H22N4O.ClH/c1-14(2,15)9-16-13(19)11-8-17-18-12(11)10-6-4-3-5-7-10;/h3-7,11-12,17-18H,8-9,15H2,1-2H3,(H,16,19);1H. The van der Waals surface area contributed by atoms with Crippen LogP contribution in [0, 0.1) is 5.92 Å². The quantitative estimate of drug-likeness (QED) is 0.661. The van der Waals surface area contributed by atoms with Crippen molar-refractivity contribution in [3.63, 3.8) is 0 Å². The van der Waals surface area contributed by atoms with Crippen molar-refractivity contribution in [2.45, 2.75) is 25.4 Å². The van der Waals surface area contributed by atoms with E-state index in [1.54, 1.807) is 0 Å². The van der Waals surface area contributed by atoms with Gasteiger partial charge < -0.3 is 11.1 Å². The predicted molar refractivity (Wildman–Crippen MR) is 82.3 cm³/mol. The van der Waals surface area contributed by atoms with Crippen molar-refractivity contribution in [1.29, 1.82) is 0 Å². The number of amides is 1. The molecule has 2 unspecified atom stereocenters. The minimum atomic E-state index is -0.392. The molecule has 112 valence electrons. The first-order valence-corrected chi connectivity index (χ1v) is 6.57. The highest BCUT2D eigenvalue weighted by Gasteiger charge is 2.34. The molecule has 0 radical (unpaired) electrons. The topological polar surface area (TPSA) is 79.2 Å². The summed E-state index contributed by atoms with van der Waals surface area (Å²) in [7, 11) is 0. The highest BCUT2D eigenvalue weighted by atomic mass is 35.5. The van der Waals surface area contributed by atoms with E-state index in [0.29, 0.717) is 13.1 Å². The van der Waals surface area contributed by atoms with Gasteiger partial charge in [0, 0.05) is 18.6 Å². The van der Waals surface area contributed by atoms with E-state index in [-0.39, 0.29) is 30.3 Å². The van der Waals surface area contributed by atoms with E-state index in [4.69, 9.17) is 5.73 Å². The first-order valence-electron chi connectivity index (χ1n) is 6.57. The Morgan fingerprint density at radius 2 is 2.05 bits per heavy atom. The molecular formula is C14H23ClN4O. The molecule has 0 saturated carbocycles. The van der Waals surface area contributed by atoms with Gasteiger partial charge in [0.2, 0.25) is 5.91 Å². The number of hydrogen-bond donors (Lipinski definition) is 4. The Labute approximate surface area is 126 Å². The summed E-state index contributed by atoms with van der Waals surface area (Å²) in [6, 6.07) is 9.98. The van der Waals surface area contributed by atoms with Crippen molar-refractivity contribution in [3.8, 4) is 0 Å². The molecule has 0 aromatic heterocycles. The van der Waals surface area contributed by atoms with Gasteiger partial charge in [-0.25, -0.2) is 5.43 Å². The van der Waals surface area contributed by atoms with Gasteiger partial charge in [-0.3, -0.25) is 10.2 Å². The monoisotopic (exact) mass is 298 g/mol. The van der Waals surface area contributed by atoms with E-state index in [2.05, 4.69) is 16.2 Å². The number of carbonyl (C=O) groups excluding carboxylic acids is 1. The SMILES string of the molecule is CC(C)(N)CNC(=O)C1CNNC1c1ccccc1.Cl. The highest BCUT2D eigenvalue weighted by molar-refractivity contribution is 5.85. The maximum absolute atomic E-state index is 12.2. The number of hydrogen-bond acceptors (Lipinski definition) is 4. The lowest BCUT2D eigenvalue weighted by Crippen LogP contribution is -2.47. The highest BCUT2D eigenvalue weighted by Crippen LogP contribution is 2.24. The second-order valence-corrected chi connectivity index (χ2v) is 5.73.